The number of rotatable bonds is 5. The number of carbonyl (C=O) groups excluding carboxylic acids is 1. The lowest BCUT2D eigenvalue weighted by molar-refractivity contribution is -0.122. The molecule has 2 atom stereocenters. The van der Waals surface area contributed by atoms with Crippen LogP contribution in [0.4, 0.5) is 14.5 Å². The van der Waals surface area contributed by atoms with Gasteiger partial charge in [0.15, 0.2) is 5.82 Å². The molecule has 4 rings (SSSR count). The molecule has 1 saturated heterocycles. The molecule has 1 aromatic heterocycles. The lowest BCUT2D eigenvalue weighted by Gasteiger charge is -2.23. The highest BCUT2D eigenvalue weighted by molar-refractivity contribution is 5.94. The monoisotopic (exact) mass is 420 g/mol. The van der Waals surface area contributed by atoms with E-state index >= 15 is 4.39 Å². The summed E-state index contributed by atoms with van der Waals surface area (Å²) in [6.45, 7) is 2.05. The second kappa shape index (κ2) is 7.35. The molecule has 1 amide bonds. The van der Waals surface area contributed by atoms with Crippen molar-refractivity contribution in [1.29, 1.82) is 0 Å². The number of carbonyl (C=O) groups is 2. The summed E-state index contributed by atoms with van der Waals surface area (Å²) in [6.07, 6.45) is 3.07. The van der Waals surface area contributed by atoms with E-state index in [4.69, 9.17) is 5.73 Å². The Morgan fingerprint density at radius 1 is 1.30 bits per heavy atom. The minimum Gasteiger partial charge on any atom is -0.477 e. The topological polar surface area (TPSA) is 118 Å². The van der Waals surface area contributed by atoms with Gasteiger partial charge < -0.3 is 25.6 Å². The molecule has 2 aliphatic rings. The molecular formula is C20H22F2N4O4. The first kappa shape index (κ1) is 20.3. The minimum atomic E-state index is -1.44. The van der Waals surface area contributed by atoms with Gasteiger partial charge in [-0.3, -0.25) is 9.59 Å². The highest BCUT2D eigenvalue weighted by Gasteiger charge is 2.33. The highest BCUT2D eigenvalue weighted by atomic mass is 19.1. The third-order valence-electron chi connectivity index (χ3n) is 5.62. The van der Waals surface area contributed by atoms with Crippen LogP contribution in [0.5, 0.6) is 0 Å². The third-order valence-corrected chi connectivity index (χ3v) is 5.62. The molecular weight excluding hydrogens is 398 g/mol. The van der Waals surface area contributed by atoms with Crippen LogP contribution in [0, 0.1) is 11.6 Å². The molecule has 2 heterocycles. The van der Waals surface area contributed by atoms with Crippen molar-refractivity contribution in [2.45, 2.75) is 44.3 Å². The van der Waals surface area contributed by atoms with E-state index < -0.39 is 34.6 Å². The Labute approximate surface area is 170 Å². The summed E-state index contributed by atoms with van der Waals surface area (Å²) in [7, 11) is 0. The first-order chi connectivity index (χ1) is 14.2. The van der Waals surface area contributed by atoms with Crippen LogP contribution >= 0.6 is 0 Å². The zero-order valence-electron chi connectivity index (χ0n) is 16.3. The second-order valence-corrected chi connectivity index (χ2v) is 7.96. The lowest BCUT2D eigenvalue weighted by atomic mass is 10.1. The number of nitrogens with one attached hydrogen (secondary N) is 1. The molecule has 1 aliphatic carbocycles. The Bertz CT molecular complexity index is 1110. The normalized spacial score (nSPS) is 19.9. The Hall–Kier alpha value is -3.01. The summed E-state index contributed by atoms with van der Waals surface area (Å²) in [4.78, 5) is 37.3. The van der Waals surface area contributed by atoms with Gasteiger partial charge in [0.2, 0.25) is 11.3 Å². The third kappa shape index (κ3) is 3.41. The molecule has 1 saturated carbocycles. The molecule has 30 heavy (non-hydrogen) atoms. The van der Waals surface area contributed by atoms with Crippen LogP contribution in [0.1, 0.15) is 42.6 Å². The van der Waals surface area contributed by atoms with E-state index in [9.17, 15) is 23.9 Å². The number of benzene rings is 1. The van der Waals surface area contributed by atoms with Crippen molar-refractivity contribution >= 4 is 28.5 Å². The molecule has 2 aromatic rings. The van der Waals surface area contributed by atoms with Crippen LogP contribution in [0.2, 0.25) is 0 Å². The van der Waals surface area contributed by atoms with Crippen molar-refractivity contribution in [3.05, 3.63) is 39.7 Å². The predicted octanol–water partition coefficient (Wildman–Crippen LogP) is 1.35. The number of nitrogens with zero attached hydrogens (tertiary/aromatic N) is 2. The molecule has 1 aromatic carbocycles. The van der Waals surface area contributed by atoms with Gasteiger partial charge in [-0.25, -0.2) is 13.6 Å². The average molecular weight is 420 g/mol. The fourth-order valence-corrected chi connectivity index (χ4v) is 3.93. The van der Waals surface area contributed by atoms with E-state index in [1.54, 1.807) is 6.92 Å². The van der Waals surface area contributed by atoms with E-state index in [-0.39, 0.29) is 41.1 Å². The molecule has 0 unspecified atom stereocenters. The predicted molar refractivity (Wildman–Crippen MR) is 106 cm³/mol. The largest absolute Gasteiger partial charge is 0.477 e. The van der Waals surface area contributed by atoms with Crippen LogP contribution in [0.25, 0.3) is 10.9 Å². The van der Waals surface area contributed by atoms with Crippen molar-refractivity contribution in [2.24, 2.45) is 5.73 Å². The van der Waals surface area contributed by atoms with Crippen molar-refractivity contribution in [2.75, 3.05) is 18.0 Å². The zero-order valence-corrected chi connectivity index (χ0v) is 16.3. The summed E-state index contributed by atoms with van der Waals surface area (Å²) < 4.78 is 31.9. The van der Waals surface area contributed by atoms with Gasteiger partial charge in [0.1, 0.15) is 17.1 Å². The quantitative estimate of drug-likeness (QED) is 0.672. The first-order valence-corrected chi connectivity index (χ1v) is 9.80. The van der Waals surface area contributed by atoms with Crippen molar-refractivity contribution in [3.63, 3.8) is 0 Å². The number of carboxylic acids is 1. The van der Waals surface area contributed by atoms with Crippen LogP contribution < -0.4 is 21.4 Å². The summed E-state index contributed by atoms with van der Waals surface area (Å²) >= 11 is 0. The number of nitrogens with two attached hydrogens (primary N) is 1. The zero-order chi connectivity index (χ0) is 21.7. The van der Waals surface area contributed by atoms with Crippen LogP contribution in [0.15, 0.2) is 17.1 Å². The standard InChI is InChI=1S/C20H22F2N4O4/c1-9(23)19(28)24-10-4-5-25(7-10)17-14(21)6-12-16(15(17)22)26(11-2-3-11)8-13(18(12)27)20(29)30/h6,8-11H,2-5,7,23H2,1H3,(H,24,28)(H,29,30)/t9-,10+/m0/s1. The number of hydrogen-bond acceptors (Lipinski definition) is 5. The van der Waals surface area contributed by atoms with Crippen LogP contribution in [0.3, 0.4) is 0 Å². The number of fused-ring (bicyclic) bond motifs is 1. The summed E-state index contributed by atoms with van der Waals surface area (Å²) in [6, 6.07) is -0.215. The highest BCUT2D eigenvalue weighted by Crippen LogP contribution is 2.40. The van der Waals surface area contributed by atoms with E-state index in [0.29, 0.717) is 13.0 Å². The van der Waals surface area contributed by atoms with Crippen molar-refractivity contribution < 1.29 is 23.5 Å². The molecule has 0 bridgehead atoms. The number of anilines is 1. The number of halogens is 2. The maximum atomic E-state index is 15.6. The average Bonchev–Trinajstić information content (AvgIpc) is 3.42. The lowest BCUT2D eigenvalue weighted by Crippen LogP contribution is -2.45. The van der Waals surface area contributed by atoms with Gasteiger partial charge in [-0.2, -0.15) is 0 Å². The number of amides is 1. The summed E-state index contributed by atoms with van der Waals surface area (Å²) in [5.74, 6) is -3.62. The van der Waals surface area contributed by atoms with E-state index in [1.807, 2.05) is 0 Å². The van der Waals surface area contributed by atoms with Gasteiger partial charge in [0.05, 0.1) is 16.9 Å². The Kier molecular flexibility index (Phi) is 4.97. The fraction of sp³-hybridized carbons (Fsp3) is 0.450. The van der Waals surface area contributed by atoms with E-state index in [0.717, 1.165) is 25.1 Å². The summed E-state index contributed by atoms with van der Waals surface area (Å²) in [5.41, 5.74) is 3.75. The molecule has 10 heteroatoms. The molecule has 4 N–H and O–H groups in total. The first-order valence-electron chi connectivity index (χ1n) is 9.80. The Morgan fingerprint density at radius 2 is 2.00 bits per heavy atom. The van der Waals surface area contributed by atoms with Gasteiger partial charge in [-0.15, -0.1) is 0 Å². The smallest absolute Gasteiger partial charge is 0.341 e. The molecule has 0 spiro atoms. The maximum absolute atomic E-state index is 15.6. The summed E-state index contributed by atoms with van der Waals surface area (Å²) in [5, 5.41) is 11.8. The molecule has 8 nitrogen and oxygen atoms in total. The van der Waals surface area contributed by atoms with Gasteiger partial charge in [-0.05, 0) is 32.3 Å². The van der Waals surface area contributed by atoms with Crippen LogP contribution in [-0.2, 0) is 4.79 Å². The molecule has 2 fully saturated rings. The van der Waals surface area contributed by atoms with E-state index in [2.05, 4.69) is 5.32 Å². The molecule has 0 radical (unpaired) electrons. The fourth-order valence-electron chi connectivity index (χ4n) is 3.93. The SMILES string of the molecule is C[C@H](N)C(=O)N[C@@H]1CCN(c2c(F)cc3c(=O)c(C(=O)O)cn(C4CC4)c3c2F)C1. The minimum absolute atomic E-state index is 0.0908. The van der Waals surface area contributed by atoms with Crippen molar-refractivity contribution in [1.82, 2.24) is 9.88 Å². The number of carboxylic acid groups (broad SMARTS) is 1. The Balaban J connectivity index is 1.78. The molecule has 1 aliphatic heterocycles. The second-order valence-electron chi connectivity index (χ2n) is 7.96. The molecule has 160 valence electrons. The maximum Gasteiger partial charge on any atom is 0.341 e. The van der Waals surface area contributed by atoms with Gasteiger partial charge in [0, 0.05) is 31.4 Å². The Morgan fingerprint density at radius 3 is 2.60 bits per heavy atom. The number of aromatic nitrogens is 1. The van der Waals surface area contributed by atoms with Gasteiger partial charge in [-0.1, -0.05) is 0 Å². The van der Waals surface area contributed by atoms with Gasteiger partial charge in [0.25, 0.3) is 0 Å². The van der Waals surface area contributed by atoms with Gasteiger partial charge >= 0.3 is 5.97 Å². The number of hydrogen-bond donors (Lipinski definition) is 3. The van der Waals surface area contributed by atoms with Crippen molar-refractivity contribution in [3.8, 4) is 0 Å². The number of pyridine rings is 1. The van der Waals surface area contributed by atoms with Crippen LogP contribution in [-0.4, -0.2) is 46.7 Å². The number of aromatic carboxylic acids is 1. The van der Waals surface area contributed by atoms with E-state index in [1.165, 1.54) is 9.47 Å².